The summed E-state index contributed by atoms with van der Waals surface area (Å²) in [5.41, 5.74) is -0.467. The van der Waals surface area contributed by atoms with E-state index in [4.69, 9.17) is 4.74 Å². The Morgan fingerprint density at radius 1 is 1.46 bits per heavy atom. The van der Waals surface area contributed by atoms with Crippen LogP contribution in [0.25, 0.3) is 0 Å². The van der Waals surface area contributed by atoms with Crippen LogP contribution in [-0.2, 0) is 9.53 Å². The maximum atomic E-state index is 11.3. The first-order valence-corrected chi connectivity index (χ1v) is 6.28. The van der Waals surface area contributed by atoms with E-state index in [0.717, 1.165) is 5.33 Å². The third-order valence-corrected chi connectivity index (χ3v) is 4.67. The molecule has 0 unspecified atom stereocenters. The zero-order valence-electron chi connectivity index (χ0n) is 8.43. The van der Waals surface area contributed by atoms with Crippen LogP contribution in [0.5, 0.6) is 0 Å². The van der Waals surface area contributed by atoms with E-state index in [-0.39, 0.29) is 16.7 Å². The highest BCUT2D eigenvalue weighted by atomic mass is 79.9. The van der Waals surface area contributed by atoms with Gasteiger partial charge in [0.15, 0.2) is 0 Å². The molecule has 0 saturated carbocycles. The summed E-state index contributed by atoms with van der Waals surface area (Å²) in [7, 11) is 0. The molecule has 0 rings (SSSR count). The van der Waals surface area contributed by atoms with Crippen molar-refractivity contribution in [2.24, 2.45) is 5.92 Å². The molecule has 1 atom stereocenters. The van der Waals surface area contributed by atoms with Gasteiger partial charge in [0.05, 0.1) is 10.7 Å². The van der Waals surface area contributed by atoms with Crippen LogP contribution in [0.1, 0.15) is 27.7 Å². The summed E-state index contributed by atoms with van der Waals surface area (Å²) in [4.78, 5) is 11.4. The van der Waals surface area contributed by atoms with Gasteiger partial charge in [0.1, 0.15) is 5.60 Å². The maximum Gasteiger partial charge on any atom is 0.308 e. The molecule has 0 aliphatic heterocycles. The van der Waals surface area contributed by atoms with Gasteiger partial charge in [-0.1, -0.05) is 45.7 Å². The largest absolute Gasteiger partial charge is 0.458 e. The molecule has 0 bridgehead atoms. The fraction of sp³-hybridized carbons (Fsp3) is 0.889. The molecule has 0 saturated heterocycles. The molecule has 0 spiro atoms. The molecule has 0 N–H and O–H groups in total. The Balaban J connectivity index is 4.24. The van der Waals surface area contributed by atoms with Crippen LogP contribution in [0.3, 0.4) is 0 Å². The molecule has 0 radical (unpaired) electrons. The first-order chi connectivity index (χ1) is 5.81. The number of carbonyl (C=O) groups is 1. The van der Waals surface area contributed by atoms with Crippen molar-refractivity contribution in [3.05, 3.63) is 0 Å². The zero-order chi connectivity index (χ0) is 10.6. The highest BCUT2D eigenvalue weighted by Gasteiger charge is 2.31. The van der Waals surface area contributed by atoms with Crippen molar-refractivity contribution in [1.82, 2.24) is 0 Å². The zero-order valence-corrected chi connectivity index (χ0v) is 11.6. The van der Waals surface area contributed by atoms with Crippen molar-refractivity contribution in [2.75, 3.05) is 5.33 Å². The Morgan fingerprint density at radius 2 is 1.92 bits per heavy atom. The summed E-state index contributed by atoms with van der Waals surface area (Å²) in [5, 5.41) is 0.755. The molecule has 0 fully saturated rings. The molecule has 0 aliphatic carbocycles. The lowest BCUT2D eigenvalue weighted by molar-refractivity contribution is -0.159. The number of alkyl halides is 2. The van der Waals surface area contributed by atoms with E-state index in [1.54, 1.807) is 0 Å². The van der Waals surface area contributed by atoms with Crippen molar-refractivity contribution in [3.63, 3.8) is 0 Å². The summed E-state index contributed by atoms with van der Waals surface area (Å²) in [6, 6.07) is 0. The number of rotatable bonds is 4. The monoisotopic (exact) mass is 314 g/mol. The van der Waals surface area contributed by atoms with Crippen molar-refractivity contribution in [2.45, 2.75) is 38.1 Å². The van der Waals surface area contributed by atoms with Crippen LogP contribution >= 0.6 is 31.9 Å². The summed E-state index contributed by atoms with van der Waals surface area (Å²) in [6.45, 7) is 7.45. The number of hydrogen-bond acceptors (Lipinski definition) is 2. The first-order valence-electron chi connectivity index (χ1n) is 4.24. The second-order valence-electron chi connectivity index (χ2n) is 3.80. The predicted octanol–water partition coefficient (Wildman–Crippen LogP) is 3.12. The van der Waals surface area contributed by atoms with Gasteiger partial charge in [-0.2, -0.15) is 0 Å². The molecule has 78 valence electrons. The van der Waals surface area contributed by atoms with Gasteiger partial charge in [-0.3, -0.25) is 4.79 Å². The summed E-state index contributed by atoms with van der Waals surface area (Å²) in [6.07, 6.45) is 0. The van der Waals surface area contributed by atoms with Crippen molar-refractivity contribution in [1.29, 1.82) is 0 Å². The molecule has 0 heterocycles. The lowest BCUT2D eigenvalue weighted by Gasteiger charge is -2.29. The van der Waals surface area contributed by atoms with Crippen LogP contribution in [0, 0.1) is 5.92 Å². The molecule has 0 aromatic heterocycles. The Labute approximate surface area is 96.7 Å². The molecular weight excluding hydrogens is 300 g/mol. The SMILES string of the molecule is CC(C)C(=O)OC(C)(C)[C@H](Br)CBr. The number of halogens is 2. The lowest BCUT2D eigenvalue weighted by atomic mass is 10.1. The molecule has 0 aliphatic rings. The quantitative estimate of drug-likeness (QED) is 0.588. The van der Waals surface area contributed by atoms with Gasteiger partial charge in [0.2, 0.25) is 0 Å². The van der Waals surface area contributed by atoms with Gasteiger partial charge in [-0.05, 0) is 13.8 Å². The molecule has 4 heteroatoms. The van der Waals surface area contributed by atoms with E-state index in [2.05, 4.69) is 31.9 Å². The minimum atomic E-state index is -0.467. The van der Waals surface area contributed by atoms with Crippen LogP contribution in [0.15, 0.2) is 0 Å². The van der Waals surface area contributed by atoms with Crippen LogP contribution in [-0.4, -0.2) is 21.7 Å². The van der Waals surface area contributed by atoms with Gasteiger partial charge >= 0.3 is 5.97 Å². The molecular formula is C9H16Br2O2. The van der Waals surface area contributed by atoms with E-state index in [1.165, 1.54) is 0 Å². The minimum absolute atomic E-state index is 0.0747. The third-order valence-electron chi connectivity index (χ3n) is 1.72. The molecule has 0 aromatic rings. The summed E-state index contributed by atoms with van der Waals surface area (Å²) < 4.78 is 5.34. The highest BCUT2D eigenvalue weighted by molar-refractivity contribution is 9.12. The summed E-state index contributed by atoms with van der Waals surface area (Å²) in [5.74, 6) is -0.232. The average Bonchev–Trinajstić information content (AvgIpc) is 2.01. The van der Waals surface area contributed by atoms with Gasteiger partial charge in [0, 0.05) is 5.33 Å². The summed E-state index contributed by atoms with van der Waals surface area (Å²) >= 11 is 6.79. The van der Waals surface area contributed by atoms with Crippen LogP contribution < -0.4 is 0 Å². The average molecular weight is 316 g/mol. The van der Waals surface area contributed by atoms with Crippen LogP contribution in [0.4, 0.5) is 0 Å². The van der Waals surface area contributed by atoms with E-state index < -0.39 is 5.60 Å². The smallest absolute Gasteiger partial charge is 0.308 e. The van der Waals surface area contributed by atoms with Crippen LogP contribution in [0.2, 0.25) is 0 Å². The maximum absolute atomic E-state index is 11.3. The number of carbonyl (C=O) groups excluding carboxylic acids is 1. The fourth-order valence-corrected chi connectivity index (χ4v) is 1.50. The molecule has 13 heavy (non-hydrogen) atoms. The van der Waals surface area contributed by atoms with Gasteiger partial charge in [0.25, 0.3) is 0 Å². The van der Waals surface area contributed by atoms with E-state index >= 15 is 0 Å². The second-order valence-corrected chi connectivity index (χ2v) is 5.55. The Morgan fingerprint density at radius 3 is 2.23 bits per heavy atom. The second kappa shape index (κ2) is 5.35. The van der Waals surface area contributed by atoms with E-state index in [0.29, 0.717) is 0 Å². The third kappa shape index (κ3) is 4.45. The predicted molar refractivity (Wildman–Crippen MR) is 61.5 cm³/mol. The Kier molecular flexibility index (Phi) is 5.52. The first kappa shape index (κ1) is 13.4. The van der Waals surface area contributed by atoms with E-state index in [1.807, 2.05) is 27.7 Å². The van der Waals surface area contributed by atoms with Crippen molar-refractivity contribution >= 4 is 37.8 Å². The fourth-order valence-electron chi connectivity index (χ4n) is 0.627. The number of ether oxygens (including phenoxy) is 1. The Hall–Kier alpha value is 0.430. The standard InChI is InChI=1S/C9H16Br2O2/c1-6(2)8(12)13-9(3,4)7(11)5-10/h6-7H,5H2,1-4H3/t7-/m1/s1. The van der Waals surface area contributed by atoms with E-state index in [9.17, 15) is 4.79 Å². The molecule has 0 aromatic carbocycles. The minimum Gasteiger partial charge on any atom is -0.458 e. The van der Waals surface area contributed by atoms with Gasteiger partial charge in [-0.15, -0.1) is 0 Å². The topological polar surface area (TPSA) is 26.3 Å². The Bertz CT molecular complexity index is 178. The number of hydrogen-bond donors (Lipinski definition) is 0. The van der Waals surface area contributed by atoms with Gasteiger partial charge < -0.3 is 4.74 Å². The lowest BCUT2D eigenvalue weighted by Crippen LogP contribution is -2.39. The molecule has 0 amide bonds. The number of esters is 1. The van der Waals surface area contributed by atoms with Crippen molar-refractivity contribution < 1.29 is 9.53 Å². The normalized spacial score (nSPS) is 14.4. The van der Waals surface area contributed by atoms with Gasteiger partial charge in [-0.25, -0.2) is 0 Å². The van der Waals surface area contributed by atoms with Crippen molar-refractivity contribution in [3.8, 4) is 0 Å². The molecule has 2 nitrogen and oxygen atoms in total. The highest BCUT2D eigenvalue weighted by Crippen LogP contribution is 2.24.